The van der Waals surface area contributed by atoms with E-state index < -0.39 is 66.3 Å². The van der Waals surface area contributed by atoms with E-state index in [4.69, 9.17) is 21.7 Å². The van der Waals surface area contributed by atoms with Crippen molar-refractivity contribution in [2.75, 3.05) is 18.6 Å². The second-order valence-electron chi connectivity index (χ2n) is 7.41. The van der Waals surface area contributed by atoms with Crippen molar-refractivity contribution in [3.8, 4) is 0 Å². The van der Waals surface area contributed by atoms with Crippen LogP contribution >= 0.6 is 11.8 Å². The number of amides is 4. The molecular formula is C19H35N5O7S. The van der Waals surface area contributed by atoms with Gasteiger partial charge in [0.25, 0.3) is 0 Å². The van der Waals surface area contributed by atoms with Crippen molar-refractivity contribution < 1.29 is 34.2 Å². The third-order valence-corrected chi connectivity index (χ3v) is 5.52. The van der Waals surface area contributed by atoms with Gasteiger partial charge in [-0.05, 0) is 30.8 Å². The van der Waals surface area contributed by atoms with Gasteiger partial charge in [-0.1, -0.05) is 20.3 Å². The molecule has 0 saturated heterocycles. The van der Waals surface area contributed by atoms with E-state index in [1.807, 2.05) is 6.26 Å². The number of nitrogens with two attached hydrogens (primary N) is 2. The first-order valence-electron chi connectivity index (χ1n) is 10.3. The average molecular weight is 478 g/mol. The van der Waals surface area contributed by atoms with Gasteiger partial charge in [-0.3, -0.25) is 19.2 Å². The topological polar surface area (TPSA) is 214 Å². The van der Waals surface area contributed by atoms with Crippen LogP contribution in [0.3, 0.4) is 0 Å². The minimum atomic E-state index is -1.54. The Kier molecular flexibility index (Phi) is 14.3. The van der Waals surface area contributed by atoms with E-state index in [-0.39, 0.29) is 12.8 Å². The van der Waals surface area contributed by atoms with Crippen LogP contribution in [-0.4, -0.2) is 82.6 Å². The van der Waals surface area contributed by atoms with Gasteiger partial charge in [0.05, 0.1) is 12.6 Å². The lowest BCUT2D eigenvalue weighted by Crippen LogP contribution is -2.59. The highest BCUT2D eigenvalue weighted by atomic mass is 32.2. The van der Waals surface area contributed by atoms with Gasteiger partial charge in [-0.25, -0.2) is 4.79 Å². The molecule has 0 aliphatic heterocycles. The van der Waals surface area contributed by atoms with Crippen molar-refractivity contribution in [3.63, 3.8) is 0 Å². The van der Waals surface area contributed by atoms with Crippen molar-refractivity contribution in [2.24, 2.45) is 17.4 Å². The predicted octanol–water partition coefficient (Wildman–Crippen LogP) is -2.09. The normalized spacial score (nSPS) is 15.5. The molecule has 0 saturated carbocycles. The lowest BCUT2D eigenvalue weighted by molar-refractivity contribution is -0.143. The van der Waals surface area contributed by atoms with Gasteiger partial charge in [0.15, 0.2) is 0 Å². The van der Waals surface area contributed by atoms with Gasteiger partial charge in [0, 0.05) is 6.42 Å². The van der Waals surface area contributed by atoms with Crippen LogP contribution < -0.4 is 27.4 Å². The summed E-state index contributed by atoms with van der Waals surface area (Å²) in [4.78, 5) is 60.2. The van der Waals surface area contributed by atoms with E-state index in [1.54, 1.807) is 13.8 Å². The molecule has 0 bridgehead atoms. The second kappa shape index (κ2) is 15.4. The first-order valence-corrected chi connectivity index (χ1v) is 11.6. The number of carboxylic acid groups (broad SMARTS) is 1. The molecule has 0 aliphatic rings. The number of rotatable bonds is 16. The van der Waals surface area contributed by atoms with Gasteiger partial charge in [-0.2, -0.15) is 11.8 Å². The summed E-state index contributed by atoms with van der Waals surface area (Å²) in [7, 11) is 0. The van der Waals surface area contributed by atoms with Gasteiger partial charge >= 0.3 is 5.97 Å². The monoisotopic (exact) mass is 477 g/mol. The minimum Gasteiger partial charge on any atom is -0.480 e. The molecule has 5 atom stereocenters. The summed E-state index contributed by atoms with van der Waals surface area (Å²) < 4.78 is 0. The Balaban J connectivity index is 5.48. The van der Waals surface area contributed by atoms with Crippen molar-refractivity contribution >= 4 is 41.4 Å². The van der Waals surface area contributed by atoms with Crippen LogP contribution in [0, 0.1) is 5.92 Å². The lowest BCUT2D eigenvalue weighted by atomic mass is 9.97. The van der Waals surface area contributed by atoms with Gasteiger partial charge in [0.1, 0.15) is 18.1 Å². The molecular weight excluding hydrogens is 442 g/mol. The first-order chi connectivity index (χ1) is 15.0. The summed E-state index contributed by atoms with van der Waals surface area (Å²) in [5, 5.41) is 25.4. The summed E-state index contributed by atoms with van der Waals surface area (Å²) in [6.45, 7) is 2.62. The van der Waals surface area contributed by atoms with E-state index in [2.05, 4.69) is 16.0 Å². The van der Waals surface area contributed by atoms with Crippen molar-refractivity contribution in [2.45, 2.75) is 63.7 Å². The maximum atomic E-state index is 12.9. The quantitative estimate of drug-likeness (QED) is 0.129. The summed E-state index contributed by atoms with van der Waals surface area (Å²) in [5.74, 6) is -3.99. The van der Waals surface area contributed by atoms with Crippen LogP contribution in [0.2, 0.25) is 0 Å². The zero-order valence-corrected chi connectivity index (χ0v) is 19.4. The van der Waals surface area contributed by atoms with Crippen LogP contribution in [0.15, 0.2) is 0 Å². The van der Waals surface area contributed by atoms with Crippen molar-refractivity contribution in [1.82, 2.24) is 16.0 Å². The maximum absolute atomic E-state index is 12.9. The lowest BCUT2D eigenvalue weighted by Gasteiger charge is -2.27. The number of carbonyl (C=O) groups is 5. The van der Waals surface area contributed by atoms with Gasteiger partial charge in [0.2, 0.25) is 23.6 Å². The predicted molar refractivity (Wildman–Crippen MR) is 119 cm³/mol. The number of aliphatic hydroxyl groups is 1. The fourth-order valence-electron chi connectivity index (χ4n) is 2.61. The molecule has 0 aliphatic carbocycles. The van der Waals surface area contributed by atoms with E-state index in [0.29, 0.717) is 18.6 Å². The molecule has 0 aromatic heterocycles. The Labute approximate surface area is 191 Å². The summed E-state index contributed by atoms with van der Waals surface area (Å²) in [6, 6.07) is -4.71. The molecule has 4 amide bonds. The van der Waals surface area contributed by atoms with E-state index in [0.717, 1.165) is 0 Å². The molecule has 9 N–H and O–H groups in total. The van der Waals surface area contributed by atoms with Gasteiger partial charge in [-0.15, -0.1) is 0 Å². The Morgan fingerprint density at radius 1 is 0.969 bits per heavy atom. The summed E-state index contributed by atoms with van der Waals surface area (Å²) in [6.07, 6.45) is 2.41. The molecule has 32 heavy (non-hydrogen) atoms. The minimum absolute atomic E-state index is 0.106. The smallest absolute Gasteiger partial charge is 0.328 e. The largest absolute Gasteiger partial charge is 0.480 e. The number of aliphatic carboxylic acids is 1. The number of primary amides is 1. The number of aliphatic hydroxyl groups excluding tert-OH is 1. The molecule has 0 spiro atoms. The third-order valence-electron chi connectivity index (χ3n) is 4.87. The fourth-order valence-corrected chi connectivity index (χ4v) is 3.10. The maximum Gasteiger partial charge on any atom is 0.328 e. The van der Waals surface area contributed by atoms with Crippen molar-refractivity contribution in [3.05, 3.63) is 0 Å². The third kappa shape index (κ3) is 10.8. The Morgan fingerprint density at radius 3 is 2.03 bits per heavy atom. The molecule has 0 heterocycles. The highest BCUT2D eigenvalue weighted by Crippen LogP contribution is 2.10. The molecule has 0 aromatic carbocycles. The highest BCUT2D eigenvalue weighted by Gasteiger charge is 2.32. The number of nitrogens with one attached hydrogen (secondary N) is 3. The molecule has 0 aromatic rings. The first kappa shape index (κ1) is 29.6. The molecule has 0 fully saturated rings. The van der Waals surface area contributed by atoms with Crippen LogP contribution in [0.1, 0.15) is 39.5 Å². The van der Waals surface area contributed by atoms with Gasteiger partial charge < -0.3 is 37.6 Å². The summed E-state index contributed by atoms with van der Waals surface area (Å²) >= 11 is 1.51. The molecule has 184 valence electrons. The fraction of sp³-hybridized carbons (Fsp3) is 0.737. The zero-order chi connectivity index (χ0) is 24.8. The zero-order valence-electron chi connectivity index (χ0n) is 18.6. The standard InChI is InChI=1S/C19H35N5O7S/c1-4-10(2)15(18(29)23-13(9-25)19(30)31)24-17(28)12(5-6-14(21)26)22-16(27)11(20)7-8-32-3/h10-13,15,25H,4-9,20H2,1-3H3,(H2,21,26)(H,22,27)(H,23,29)(H,24,28)(H,30,31). The van der Waals surface area contributed by atoms with E-state index in [9.17, 15) is 24.0 Å². The van der Waals surface area contributed by atoms with Crippen LogP contribution in [0.5, 0.6) is 0 Å². The molecule has 0 rings (SSSR count). The number of thioether (sulfide) groups is 1. The van der Waals surface area contributed by atoms with Crippen LogP contribution in [-0.2, 0) is 24.0 Å². The SMILES string of the molecule is CCC(C)C(NC(=O)C(CCC(N)=O)NC(=O)C(N)CCSC)C(=O)NC(CO)C(=O)O. The highest BCUT2D eigenvalue weighted by molar-refractivity contribution is 7.98. The number of carbonyl (C=O) groups excluding carboxylic acids is 4. The number of hydrogen-bond acceptors (Lipinski definition) is 8. The Bertz CT molecular complexity index is 664. The average Bonchev–Trinajstić information content (AvgIpc) is 2.75. The van der Waals surface area contributed by atoms with Crippen LogP contribution in [0.25, 0.3) is 0 Å². The summed E-state index contributed by atoms with van der Waals surface area (Å²) in [5.41, 5.74) is 11.0. The Morgan fingerprint density at radius 2 is 1.56 bits per heavy atom. The number of hydrogen-bond donors (Lipinski definition) is 7. The van der Waals surface area contributed by atoms with Crippen LogP contribution in [0.4, 0.5) is 0 Å². The molecule has 12 nitrogen and oxygen atoms in total. The number of carboxylic acids is 1. The van der Waals surface area contributed by atoms with E-state index in [1.165, 1.54) is 11.8 Å². The van der Waals surface area contributed by atoms with Crippen molar-refractivity contribution in [1.29, 1.82) is 0 Å². The molecule has 5 unspecified atom stereocenters. The van der Waals surface area contributed by atoms with E-state index >= 15 is 0 Å². The molecule has 13 heteroatoms. The molecule has 0 radical (unpaired) electrons. The Hall–Kier alpha value is -2.38. The second-order valence-corrected chi connectivity index (χ2v) is 8.39.